The minimum atomic E-state index is -3.23. The largest absolute Gasteiger partial charge is 0.354 e. The minimum Gasteiger partial charge on any atom is -0.326 e. The molecule has 0 atom stereocenters. The Hall–Kier alpha value is -1.42. The van der Waals surface area contributed by atoms with E-state index in [9.17, 15) is 9.36 Å². The van der Waals surface area contributed by atoms with Gasteiger partial charge in [-0.1, -0.05) is 38.8 Å². The molecule has 0 saturated carbocycles. The monoisotopic (exact) mass is 353 g/mol. The van der Waals surface area contributed by atoms with Gasteiger partial charge in [-0.05, 0) is 36.6 Å². The summed E-state index contributed by atoms with van der Waals surface area (Å²) in [5.74, 6) is 1.41. The number of unbranched alkanes of at least 4 members (excludes halogenated alkanes) is 2. The highest BCUT2D eigenvalue weighted by atomic mass is 31.2. The van der Waals surface area contributed by atoms with E-state index in [2.05, 4.69) is 19.2 Å². The van der Waals surface area contributed by atoms with Crippen molar-refractivity contribution in [3.63, 3.8) is 0 Å². The average Bonchev–Trinajstić information content (AvgIpc) is 2.54. The quantitative estimate of drug-likeness (QED) is 0.425. The minimum absolute atomic E-state index is 0.114. The van der Waals surface area contributed by atoms with Crippen LogP contribution in [0.4, 0.5) is 5.69 Å². The van der Waals surface area contributed by atoms with Gasteiger partial charge in [0.05, 0.1) is 13.2 Å². The van der Waals surface area contributed by atoms with Crippen LogP contribution in [0.25, 0.3) is 6.08 Å². The average molecular weight is 353 g/mol. The van der Waals surface area contributed by atoms with Gasteiger partial charge in [-0.2, -0.15) is 0 Å². The normalized spacial score (nSPS) is 11.8. The first-order chi connectivity index (χ1) is 11.5. The van der Waals surface area contributed by atoms with E-state index in [1.54, 1.807) is 18.2 Å². The van der Waals surface area contributed by atoms with Gasteiger partial charge in [0.15, 0.2) is 0 Å². The third-order valence-electron chi connectivity index (χ3n) is 3.22. The molecule has 1 amide bonds. The molecular weight excluding hydrogens is 325 g/mol. The lowest BCUT2D eigenvalue weighted by Crippen LogP contribution is -2.05. The summed E-state index contributed by atoms with van der Waals surface area (Å²) in [6.07, 6.45) is 5.38. The third-order valence-corrected chi connectivity index (χ3v) is 4.82. The summed E-state index contributed by atoms with van der Waals surface area (Å²) in [4.78, 5) is 11.0. The summed E-state index contributed by atoms with van der Waals surface area (Å²) in [5, 5.41) is 2.71. The van der Waals surface area contributed by atoms with Crippen LogP contribution in [0.3, 0.4) is 0 Å². The van der Waals surface area contributed by atoms with Crippen LogP contribution in [-0.2, 0) is 18.4 Å². The summed E-state index contributed by atoms with van der Waals surface area (Å²) < 4.78 is 23.8. The second kappa shape index (κ2) is 11.2. The first-order valence-electron chi connectivity index (χ1n) is 8.44. The molecule has 0 spiro atoms. The Morgan fingerprint density at radius 2 is 1.62 bits per heavy atom. The molecule has 0 radical (unpaired) electrons. The Bertz CT molecular complexity index is 555. The number of rotatable bonds is 11. The van der Waals surface area contributed by atoms with Crippen molar-refractivity contribution in [1.82, 2.24) is 0 Å². The Labute approximate surface area is 145 Å². The highest BCUT2D eigenvalue weighted by Gasteiger charge is 2.20. The highest BCUT2D eigenvalue weighted by Crippen LogP contribution is 2.50. The topological polar surface area (TPSA) is 64.6 Å². The fourth-order valence-corrected chi connectivity index (χ4v) is 3.22. The number of benzene rings is 1. The van der Waals surface area contributed by atoms with Crippen LogP contribution in [0.5, 0.6) is 0 Å². The molecule has 1 aromatic carbocycles. The predicted octanol–water partition coefficient (Wildman–Crippen LogP) is 5.44. The van der Waals surface area contributed by atoms with Crippen molar-refractivity contribution in [2.75, 3.05) is 18.5 Å². The Morgan fingerprint density at radius 1 is 1.08 bits per heavy atom. The van der Waals surface area contributed by atoms with Gasteiger partial charge in [-0.3, -0.25) is 9.36 Å². The molecule has 0 unspecified atom stereocenters. The van der Waals surface area contributed by atoms with Crippen molar-refractivity contribution in [1.29, 1.82) is 0 Å². The third kappa shape index (κ3) is 8.44. The maximum absolute atomic E-state index is 12.8. The number of anilines is 1. The fraction of sp³-hybridized carbons (Fsp3) is 0.500. The molecule has 0 aliphatic heterocycles. The first-order valence-corrected chi connectivity index (χ1v) is 10.1. The first kappa shape index (κ1) is 20.6. The second-order valence-electron chi connectivity index (χ2n) is 5.53. The van der Waals surface area contributed by atoms with Crippen LogP contribution in [0.15, 0.2) is 30.1 Å². The summed E-state index contributed by atoms with van der Waals surface area (Å²) in [5.41, 5.74) is 1.59. The van der Waals surface area contributed by atoms with Crippen molar-refractivity contribution in [3.05, 3.63) is 35.6 Å². The predicted molar refractivity (Wildman–Crippen MR) is 99.1 cm³/mol. The Morgan fingerprint density at radius 3 is 2.08 bits per heavy atom. The summed E-state index contributed by atoms with van der Waals surface area (Å²) in [6.45, 7) is 6.42. The lowest BCUT2D eigenvalue weighted by molar-refractivity contribution is -0.114. The van der Waals surface area contributed by atoms with E-state index in [1.807, 2.05) is 12.1 Å². The molecule has 1 N–H and O–H groups in total. The zero-order chi connectivity index (χ0) is 17.8. The summed E-state index contributed by atoms with van der Waals surface area (Å²) >= 11 is 0. The molecule has 24 heavy (non-hydrogen) atoms. The molecule has 0 saturated heterocycles. The maximum atomic E-state index is 12.8. The second-order valence-corrected chi connectivity index (χ2v) is 7.43. The van der Waals surface area contributed by atoms with Crippen molar-refractivity contribution >= 4 is 25.3 Å². The SMILES string of the molecule is CCCCOP(=O)(C=Cc1ccc(NC(C)=O)cc1)OCCCC. The van der Waals surface area contributed by atoms with E-state index in [-0.39, 0.29) is 5.91 Å². The molecule has 134 valence electrons. The van der Waals surface area contributed by atoms with Crippen LogP contribution in [0.2, 0.25) is 0 Å². The highest BCUT2D eigenvalue weighted by molar-refractivity contribution is 7.57. The molecule has 5 nitrogen and oxygen atoms in total. The van der Waals surface area contributed by atoms with Gasteiger partial charge in [0.25, 0.3) is 0 Å². The molecule has 1 rings (SSSR count). The number of carbonyl (C=O) groups is 1. The molecule has 0 aromatic heterocycles. The number of hydrogen-bond acceptors (Lipinski definition) is 4. The molecular formula is C18H28NO4P. The van der Waals surface area contributed by atoms with E-state index in [0.717, 1.165) is 36.9 Å². The summed E-state index contributed by atoms with van der Waals surface area (Å²) in [6, 6.07) is 7.26. The lowest BCUT2D eigenvalue weighted by atomic mass is 10.2. The smallest absolute Gasteiger partial charge is 0.326 e. The molecule has 1 aromatic rings. The van der Waals surface area contributed by atoms with Gasteiger partial charge in [-0.25, -0.2) is 0 Å². The van der Waals surface area contributed by atoms with Crippen LogP contribution in [-0.4, -0.2) is 19.1 Å². The van der Waals surface area contributed by atoms with E-state index in [4.69, 9.17) is 9.05 Å². The van der Waals surface area contributed by atoms with Gasteiger partial charge < -0.3 is 14.4 Å². The summed E-state index contributed by atoms with van der Waals surface area (Å²) in [7, 11) is -3.23. The zero-order valence-corrected chi connectivity index (χ0v) is 15.7. The van der Waals surface area contributed by atoms with Crippen LogP contribution in [0.1, 0.15) is 52.0 Å². The molecule has 0 heterocycles. The van der Waals surface area contributed by atoms with Gasteiger partial charge in [0.1, 0.15) is 0 Å². The Kier molecular flexibility index (Phi) is 9.62. The standard InChI is InChI=1S/C18H28NO4P/c1-4-6-13-22-24(21,23-14-7-5-2)15-12-17-8-10-18(11-9-17)19-16(3)20/h8-12,15H,4-7,13-14H2,1-3H3,(H,19,20). The van der Waals surface area contributed by atoms with Crippen LogP contribution >= 0.6 is 7.60 Å². The Balaban J connectivity index is 2.73. The van der Waals surface area contributed by atoms with Gasteiger partial charge in [0, 0.05) is 18.4 Å². The number of nitrogens with one attached hydrogen (secondary N) is 1. The van der Waals surface area contributed by atoms with Crippen molar-refractivity contribution in [2.45, 2.75) is 46.5 Å². The van der Waals surface area contributed by atoms with Gasteiger partial charge in [-0.15, -0.1) is 0 Å². The van der Waals surface area contributed by atoms with Gasteiger partial charge in [0.2, 0.25) is 5.91 Å². The molecule has 0 bridgehead atoms. The number of carbonyl (C=O) groups excluding carboxylic acids is 1. The van der Waals surface area contributed by atoms with E-state index in [0.29, 0.717) is 13.2 Å². The van der Waals surface area contributed by atoms with Crippen molar-refractivity contribution in [3.8, 4) is 0 Å². The molecule has 6 heteroatoms. The van der Waals surface area contributed by atoms with E-state index < -0.39 is 7.60 Å². The molecule has 0 aliphatic rings. The van der Waals surface area contributed by atoms with Gasteiger partial charge >= 0.3 is 7.60 Å². The maximum Gasteiger partial charge on any atom is 0.354 e. The molecule has 0 aliphatic carbocycles. The lowest BCUT2D eigenvalue weighted by Gasteiger charge is -2.15. The molecule has 0 fully saturated rings. The van der Waals surface area contributed by atoms with E-state index >= 15 is 0 Å². The van der Waals surface area contributed by atoms with E-state index in [1.165, 1.54) is 12.7 Å². The van der Waals surface area contributed by atoms with Crippen molar-refractivity contribution in [2.24, 2.45) is 0 Å². The van der Waals surface area contributed by atoms with Crippen molar-refractivity contribution < 1.29 is 18.4 Å². The zero-order valence-electron chi connectivity index (χ0n) is 14.8. The number of hydrogen-bond donors (Lipinski definition) is 1. The van der Waals surface area contributed by atoms with Crippen LogP contribution in [0, 0.1) is 0 Å². The fourth-order valence-electron chi connectivity index (χ4n) is 1.85. The number of amides is 1. The van der Waals surface area contributed by atoms with Crippen LogP contribution < -0.4 is 5.32 Å².